The number of hydrogen-bond acceptors (Lipinski definition) is 6. The number of nitro benzene ring substituents is 1. The predicted molar refractivity (Wildman–Crippen MR) is 66.2 cm³/mol. The van der Waals surface area contributed by atoms with E-state index in [9.17, 15) is 20.0 Å². The van der Waals surface area contributed by atoms with Gasteiger partial charge in [0.2, 0.25) is 0 Å². The molecule has 0 aromatic heterocycles. The molecule has 19 heavy (non-hydrogen) atoms. The molecule has 0 bridgehead atoms. The summed E-state index contributed by atoms with van der Waals surface area (Å²) in [5, 5.41) is 20.2. The number of aliphatic hydroxyl groups is 1. The van der Waals surface area contributed by atoms with Crippen molar-refractivity contribution in [1.29, 1.82) is 0 Å². The Morgan fingerprint density at radius 2 is 2.21 bits per heavy atom. The molecule has 0 heterocycles. The fourth-order valence-corrected chi connectivity index (χ4v) is 1.47. The number of halogens is 1. The van der Waals surface area contributed by atoms with Crippen LogP contribution in [0.25, 0.3) is 0 Å². The van der Waals surface area contributed by atoms with E-state index in [0.717, 1.165) is 7.11 Å². The molecule has 1 atom stereocenters. The van der Waals surface area contributed by atoms with Gasteiger partial charge < -0.3 is 14.6 Å². The molecule has 0 aliphatic rings. The average molecular weight is 290 g/mol. The number of rotatable bonds is 5. The maximum atomic E-state index is 11.2. The minimum Gasteiger partial charge on any atom is -0.490 e. The lowest BCUT2D eigenvalue weighted by Gasteiger charge is -2.20. The number of carbonyl (C=O) groups excluding carboxylic acids is 1. The molecule has 0 radical (unpaired) electrons. The molecule has 1 aromatic rings. The molecule has 7 nitrogen and oxygen atoms in total. The molecule has 1 N–H and O–H groups in total. The normalized spacial score (nSPS) is 13.5. The number of nitrogens with zero attached hydrogens (tertiary/aromatic N) is 1. The minimum atomic E-state index is -1.82. The van der Waals surface area contributed by atoms with Gasteiger partial charge in [0.05, 0.1) is 12.0 Å². The summed E-state index contributed by atoms with van der Waals surface area (Å²) < 4.78 is 9.54. The van der Waals surface area contributed by atoms with E-state index in [1.807, 2.05) is 0 Å². The largest absolute Gasteiger partial charge is 0.490 e. The molecule has 0 fully saturated rings. The Hall–Kier alpha value is -1.86. The van der Waals surface area contributed by atoms with Gasteiger partial charge in [0.1, 0.15) is 17.4 Å². The maximum absolute atomic E-state index is 11.2. The van der Waals surface area contributed by atoms with E-state index < -0.39 is 16.5 Å². The number of carbonyl (C=O) groups is 1. The highest BCUT2D eigenvalue weighted by Gasteiger charge is 2.32. The first-order chi connectivity index (χ1) is 8.77. The summed E-state index contributed by atoms with van der Waals surface area (Å²) in [7, 11) is 1.14. The molecule has 1 aromatic carbocycles. The van der Waals surface area contributed by atoms with Crippen LogP contribution in [0.1, 0.15) is 6.92 Å². The van der Waals surface area contributed by atoms with Crippen molar-refractivity contribution < 1.29 is 24.3 Å². The Morgan fingerprint density at radius 3 is 2.68 bits per heavy atom. The lowest BCUT2D eigenvalue weighted by atomic mass is 10.1. The molecule has 0 spiro atoms. The fourth-order valence-electron chi connectivity index (χ4n) is 1.23. The standard InChI is InChI=1S/C11H12ClNO6/c1-11(15,10(14)18-2)6-19-7-3-4-9(13(16)17)8(12)5-7/h3-5,15H,6H2,1-2H3. The monoisotopic (exact) mass is 289 g/mol. The second-order valence-corrected chi connectivity index (χ2v) is 4.33. The summed E-state index contributed by atoms with van der Waals surface area (Å²) in [4.78, 5) is 21.1. The van der Waals surface area contributed by atoms with E-state index >= 15 is 0 Å². The molecule has 0 aliphatic carbocycles. The summed E-state index contributed by atoms with van der Waals surface area (Å²) in [6.07, 6.45) is 0. The zero-order valence-corrected chi connectivity index (χ0v) is 11.0. The Labute approximate surface area is 113 Å². The summed E-state index contributed by atoms with van der Waals surface area (Å²) in [5.41, 5.74) is -2.07. The fraction of sp³-hybridized carbons (Fsp3) is 0.364. The van der Waals surface area contributed by atoms with E-state index in [0.29, 0.717) is 0 Å². The van der Waals surface area contributed by atoms with Gasteiger partial charge in [-0.05, 0) is 13.0 Å². The van der Waals surface area contributed by atoms with E-state index in [1.54, 1.807) is 0 Å². The van der Waals surface area contributed by atoms with E-state index in [-0.39, 0.29) is 23.1 Å². The van der Waals surface area contributed by atoms with Crippen molar-refractivity contribution in [1.82, 2.24) is 0 Å². The molecular formula is C11H12ClNO6. The van der Waals surface area contributed by atoms with Crippen molar-refractivity contribution in [2.45, 2.75) is 12.5 Å². The SMILES string of the molecule is COC(=O)C(C)(O)COc1ccc([N+](=O)[O-])c(Cl)c1. The first kappa shape index (κ1) is 15.2. The molecule has 0 aliphatic heterocycles. The molecule has 0 saturated carbocycles. The van der Waals surface area contributed by atoms with Crippen LogP contribution in [0.15, 0.2) is 18.2 Å². The Kier molecular flexibility index (Phi) is 4.68. The second-order valence-electron chi connectivity index (χ2n) is 3.92. The Morgan fingerprint density at radius 1 is 1.58 bits per heavy atom. The smallest absolute Gasteiger partial charge is 0.341 e. The Balaban J connectivity index is 2.77. The second kappa shape index (κ2) is 5.85. The number of methoxy groups -OCH3 is 1. The first-order valence-corrected chi connectivity index (χ1v) is 5.53. The van der Waals surface area contributed by atoms with Crippen molar-refractivity contribution in [3.63, 3.8) is 0 Å². The van der Waals surface area contributed by atoms with Gasteiger partial charge >= 0.3 is 5.97 Å². The van der Waals surface area contributed by atoms with Crippen molar-refractivity contribution in [3.05, 3.63) is 33.3 Å². The van der Waals surface area contributed by atoms with E-state index in [1.165, 1.54) is 25.1 Å². The predicted octanol–water partition coefficient (Wildman–Crippen LogP) is 1.55. The van der Waals surface area contributed by atoms with E-state index in [2.05, 4.69) is 4.74 Å². The lowest BCUT2D eigenvalue weighted by molar-refractivity contribution is -0.384. The molecule has 1 unspecified atom stereocenters. The number of ether oxygens (including phenoxy) is 2. The van der Waals surface area contributed by atoms with Gasteiger partial charge in [-0.1, -0.05) is 11.6 Å². The molecule has 104 valence electrons. The molecule has 8 heteroatoms. The quantitative estimate of drug-likeness (QED) is 0.501. The number of nitro groups is 1. The van der Waals surface area contributed by atoms with Crippen LogP contribution < -0.4 is 4.74 Å². The number of esters is 1. The minimum absolute atomic E-state index is 0.0970. The van der Waals surface area contributed by atoms with Crippen molar-refractivity contribution in [2.75, 3.05) is 13.7 Å². The van der Waals surface area contributed by atoms with Gasteiger partial charge in [-0.25, -0.2) is 4.79 Å². The third-order valence-electron chi connectivity index (χ3n) is 2.26. The highest BCUT2D eigenvalue weighted by Crippen LogP contribution is 2.28. The van der Waals surface area contributed by atoms with Gasteiger partial charge in [-0.2, -0.15) is 0 Å². The molecular weight excluding hydrogens is 278 g/mol. The van der Waals surface area contributed by atoms with Crippen LogP contribution in [0.5, 0.6) is 5.75 Å². The van der Waals surface area contributed by atoms with Gasteiger partial charge in [0.15, 0.2) is 5.60 Å². The third kappa shape index (κ3) is 3.80. The third-order valence-corrected chi connectivity index (χ3v) is 2.56. The van der Waals surface area contributed by atoms with Gasteiger partial charge in [0.25, 0.3) is 5.69 Å². The summed E-state index contributed by atoms with van der Waals surface area (Å²) >= 11 is 5.69. The highest BCUT2D eigenvalue weighted by molar-refractivity contribution is 6.32. The lowest BCUT2D eigenvalue weighted by Crippen LogP contribution is -2.42. The number of benzene rings is 1. The van der Waals surface area contributed by atoms with Crippen LogP contribution in [0.4, 0.5) is 5.69 Å². The number of hydrogen-bond donors (Lipinski definition) is 1. The van der Waals surface area contributed by atoms with Crippen LogP contribution in [-0.2, 0) is 9.53 Å². The zero-order valence-electron chi connectivity index (χ0n) is 10.3. The molecule has 1 rings (SSSR count). The Bertz CT molecular complexity index is 502. The summed E-state index contributed by atoms with van der Waals surface area (Å²) in [6, 6.07) is 3.72. The highest BCUT2D eigenvalue weighted by atomic mass is 35.5. The van der Waals surface area contributed by atoms with Crippen LogP contribution in [0.3, 0.4) is 0 Å². The maximum Gasteiger partial charge on any atom is 0.341 e. The molecule has 0 amide bonds. The van der Waals surface area contributed by atoms with Crippen LogP contribution in [0.2, 0.25) is 5.02 Å². The zero-order chi connectivity index (χ0) is 14.6. The van der Waals surface area contributed by atoms with Gasteiger partial charge in [0, 0.05) is 12.1 Å². The van der Waals surface area contributed by atoms with Crippen LogP contribution in [0, 0.1) is 10.1 Å². The van der Waals surface area contributed by atoms with Crippen molar-refractivity contribution in [2.24, 2.45) is 0 Å². The molecule has 0 saturated heterocycles. The van der Waals surface area contributed by atoms with Crippen LogP contribution >= 0.6 is 11.6 Å². The van der Waals surface area contributed by atoms with Crippen molar-refractivity contribution in [3.8, 4) is 5.75 Å². The topological polar surface area (TPSA) is 98.9 Å². The van der Waals surface area contributed by atoms with Crippen molar-refractivity contribution >= 4 is 23.3 Å². The van der Waals surface area contributed by atoms with Crippen LogP contribution in [-0.4, -0.2) is 35.3 Å². The van der Waals surface area contributed by atoms with E-state index in [4.69, 9.17) is 16.3 Å². The van der Waals surface area contributed by atoms with Gasteiger partial charge in [-0.15, -0.1) is 0 Å². The summed E-state index contributed by atoms with van der Waals surface area (Å²) in [5.74, 6) is -0.653. The average Bonchev–Trinajstić information content (AvgIpc) is 2.35. The summed E-state index contributed by atoms with van der Waals surface area (Å²) in [6.45, 7) is 0.861. The first-order valence-electron chi connectivity index (χ1n) is 5.15. The van der Waals surface area contributed by atoms with Gasteiger partial charge in [-0.3, -0.25) is 10.1 Å².